The molecule has 1 aromatic carbocycles. The van der Waals surface area contributed by atoms with E-state index >= 15 is 0 Å². The van der Waals surface area contributed by atoms with Crippen LogP contribution in [0.15, 0.2) is 30.3 Å². The van der Waals surface area contributed by atoms with Crippen LogP contribution < -0.4 is 5.73 Å². The van der Waals surface area contributed by atoms with Crippen LogP contribution in [0.3, 0.4) is 0 Å². The van der Waals surface area contributed by atoms with Gasteiger partial charge in [-0.15, -0.1) is 0 Å². The standard InChI is InChI=1S/C10H12O2.C2H5NO/c1-12-10(11)8-7-9-5-3-2-4-6-9;1-2(3)4/h2-6H,7-8H2,1H3;1H3,(H2,3,4). The molecule has 88 valence electrons. The number of esters is 1. The minimum absolute atomic E-state index is 0.154. The molecular formula is C12H17NO3. The molecule has 0 atom stereocenters. The number of hydrogen-bond acceptors (Lipinski definition) is 3. The summed E-state index contributed by atoms with van der Waals surface area (Å²) in [4.78, 5) is 20.0. The van der Waals surface area contributed by atoms with Gasteiger partial charge in [0.2, 0.25) is 5.91 Å². The molecule has 0 unspecified atom stereocenters. The highest BCUT2D eigenvalue weighted by Gasteiger charge is 1.99. The highest BCUT2D eigenvalue weighted by atomic mass is 16.5. The fourth-order valence-electron chi connectivity index (χ4n) is 0.993. The molecule has 4 nitrogen and oxygen atoms in total. The molecule has 0 bridgehead atoms. The normalized spacial score (nSPS) is 8.62. The van der Waals surface area contributed by atoms with E-state index in [1.54, 1.807) is 0 Å². The monoisotopic (exact) mass is 223 g/mol. The molecule has 2 N–H and O–H groups in total. The van der Waals surface area contributed by atoms with Crippen molar-refractivity contribution in [2.75, 3.05) is 7.11 Å². The van der Waals surface area contributed by atoms with Gasteiger partial charge in [0.05, 0.1) is 7.11 Å². The summed E-state index contributed by atoms with van der Waals surface area (Å²) in [5.74, 6) is -0.487. The molecule has 0 aliphatic carbocycles. The van der Waals surface area contributed by atoms with E-state index in [1.807, 2.05) is 30.3 Å². The van der Waals surface area contributed by atoms with E-state index in [0.717, 1.165) is 6.42 Å². The fourth-order valence-corrected chi connectivity index (χ4v) is 0.993. The van der Waals surface area contributed by atoms with E-state index in [9.17, 15) is 9.59 Å². The summed E-state index contributed by atoms with van der Waals surface area (Å²) in [6.45, 7) is 1.31. The number of methoxy groups -OCH3 is 1. The molecule has 0 radical (unpaired) electrons. The van der Waals surface area contributed by atoms with Gasteiger partial charge >= 0.3 is 5.97 Å². The molecule has 1 amide bonds. The lowest BCUT2D eigenvalue weighted by molar-refractivity contribution is -0.140. The summed E-state index contributed by atoms with van der Waals surface area (Å²) in [5.41, 5.74) is 5.64. The average Bonchev–Trinajstić information content (AvgIpc) is 2.26. The molecule has 0 saturated carbocycles. The van der Waals surface area contributed by atoms with E-state index in [0.29, 0.717) is 6.42 Å². The van der Waals surface area contributed by atoms with Crippen LogP contribution in [0.5, 0.6) is 0 Å². The first-order valence-corrected chi connectivity index (χ1v) is 4.93. The molecule has 4 heteroatoms. The van der Waals surface area contributed by atoms with Crippen molar-refractivity contribution in [3.05, 3.63) is 35.9 Å². The minimum Gasteiger partial charge on any atom is -0.469 e. The zero-order valence-corrected chi connectivity index (χ0v) is 9.60. The van der Waals surface area contributed by atoms with E-state index in [2.05, 4.69) is 10.5 Å². The van der Waals surface area contributed by atoms with E-state index in [-0.39, 0.29) is 11.9 Å². The number of benzene rings is 1. The summed E-state index contributed by atoms with van der Waals surface area (Å²) < 4.78 is 4.53. The van der Waals surface area contributed by atoms with Crippen molar-refractivity contribution in [2.45, 2.75) is 19.8 Å². The highest BCUT2D eigenvalue weighted by Crippen LogP contribution is 2.02. The smallest absolute Gasteiger partial charge is 0.305 e. The summed E-state index contributed by atoms with van der Waals surface area (Å²) >= 11 is 0. The quantitative estimate of drug-likeness (QED) is 0.785. The first kappa shape index (κ1) is 14.2. The van der Waals surface area contributed by atoms with E-state index < -0.39 is 0 Å². The van der Waals surface area contributed by atoms with Crippen molar-refractivity contribution in [2.24, 2.45) is 5.73 Å². The zero-order chi connectivity index (χ0) is 12.4. The number of aryl methyl sites for hydroxylation is 1. The van der Waals surface area contributed by atoms with Gasteiger partial charge in [-0.1, -0.05) is 30.3 Å². The first-order valence-electron chi connectivity index (χ1n) is 4.93. The molecule has 0 aromatic heterocycles. The number of hydrogen-bond donors (Lipinski definition) is 1. The van der Waals surface area contributed by atoms with Crippen molar-refractivity contribution in [3.8, 4) is 0 Å². The molecule has 16 heavy (non-hydrogen) atoms. The molecule has 1 rings (SSSR count). The Hall–Kier alpha value is -1.84. The van der Waals surface area contributed by atoms with Crippen molar-refractivity contribution in [3.63, 3.8) is 0 Å². The van der Waals surface area contributed by atoms with Gasteiger partial charge in [-0.25, -0.2) is 0 Å². The van der Waals surface area contributed by atoms with E-state index in [1.165, 1.54) is 19.6 Å². The Bertz CT molecular complexity index is 318. The van der Waals surface area contributed by atoms with Gasteiger partial charge in [-0.2, -0.15) is 0 Å². The lowest BCUT2D eigenvalue weighted by Crippen LogP contribution is -2.01. The number of primary amides is 1. The van der Waals surface area contributed by atoms with Crippen molar-refractivity contribution in [1.82, 2.24) is 0 Å². The van der Waals surface area contributed by atoms with Crippen LogP contribution in [0.25, 0.3) is 0 Å². The van der Waals surface area contributed by atoms with Crippen LogP contribution in [-0.2, 0) is 20.7 Å². The Morgan fingerprint density at radius 1 is 1.25 bits per heavy atom. The van der Waals surface area contributed by atoms with Crippen LogP contribution in [0.2, 0.25) is 0 Å². The Morgan fingerprint density at radius 2 is 1.75 bits per heavy atom. The summed E-state index contributed by atoms with van der Waals surface area (Å²) in [5, 5.41) is 0. The number of nitrogens with two attached hydrogens (primary N) is 1. The maximum Gasteiger partial charge on any atom is 0.305 e. The third-order valence-corrected chi connectivity index (χ3v) is 1.69. The third-order valence-electron chi connectivity index (χ3n) is 1.69. The molecule has 0 aliphatic heterocycles. The minimum atomic E-state index is -0.333. The van der Waals surface area contributed by atoms with Crippen molar-refractivity contribution < 1.29 is 14.3 Å². The molecule has 0 saturated heterocycles. The molecule has 0 heterocycles. The first-order chi connectivity index (χ1) is 7.56. The Morgan fingerprint density at radius 3 is 2.19 bits per heavy atom. The van der Waals surface area contributed by atoms with Gasteiger partial charge in [-0.05, 0) is 12.0 Å². The van der Waals surface area contributed by atoms with Gasteiger partial charge in [0.15, 0.2) is 0 Å². The van der Waals surface area contributed by atoms with Gasteiger partial charge < -0.3 is 10.5 Å². The number of ether oxygens (including phenoxy) is 1. The number of rotatable bonds is 3. The Labute approximate surface area is 95.4 Å². The second-order valence-corrected chi connectivity index (χ2v) is 3.17. The molecular weight excluding hydrogens is 206 g/mol. The fraction of sp³-hybridized carbons (Fsp3) is 0.333. The maximum absolute atomic E-state index is 10.8. The van der Waals surface area contributed by atoms with Crippen LogP contribution in [0.4, 0.5) is 0 Å². The highest BCUT2D eigenvalue weighted by molar-refractivity contribution is 5.70. The number of carbonyl (C=O) groups is 2. The topological polar surface area (TPSA) is 69.4 Å². The average molecular weight is 223 g/mol. The zero-order valence-electron chi connectivity index (χ0n) is 9.60. The SMILES string of the molecule is CC(N)=O.COC(=O)CCc1ccccc1. The van der Waals surface area contributed by atoms with Gasteiger partial charge in [0, 0.05) is 13.3 Å². The van der Waals surface area contributed by atoms with Crippen LogP contribution in [-0.4, -0.2) is 19.0 Å². The Balaban J connectivity index is 0.000000487. The maximum atomic E-state index is 10.8. The van der Waals surface area contributed by atoms with E-state index in [4.69, 9.17) is 0 Å². The summed E-state index contributed by atoms with van der Waals surface area (Å²) in [6, 6.07) is 9.90. The molecule has 0 spiro atoms. The molecule has 0 aliphatic rings. The second kappa shape index (κ2) is 8.47. The van der Waals surface area contributed by atoms with Gasteiger partial charge in [0.25, 0.3) is 0 Å². The number of amides is 1. The predicted octanol–water partition coefficient (Wildman–Crippen LogP) is 1.28. The molecule has 0 fully saturated rings. The lowest BCUT2D eigenvalue weighted by Gasteiger charge is -1.98. The second-order valence-electron chi connectivity index (χ2n) is 3.17. The summed E-state index contributed by atoms with van der Waals surface area (Å²) in [6.07, 6.45) is 1.22. The van der Waals surface area contributed by atoms with Crippen molar-refractivity contribution in [1.29, 1.82) is 0 Å². The van der Waals surface area contributed by atoms with Crippen LogP contribution in [0.1, 0.15) is 18.9 Å². The predicted molar refractivity (Wildman–Crippen MR) is 61.6 cm³/mol. The number of carbonyl (C=O) groups excluding carboxylic acids is 2. The molecule has 1 aromatic rings. The Kier molecular flexibility index (Phi) is 7.49. The van der Waals surface area contributed by atoms with Crippen LogP contribution in [0, 0.1) is 0 Å². The lowest BCUT2D eigenvalue weighted by atomic mass is 10.1. The third kappa shape index (κ3) is 8.74. The van der Waals surface area contributed by atoms with Gasteiger partial charge in [-0.3, -0.25) is 9.59 Å². The van der Waals surface area contributed by atoms with Gasteiger partial charge in [0.1, 0.15) is 0 Å². The largest absolute Gasteiger partial charge is 0.469 e. The summed E-state index contributed by atoms with van der Waals surface area (Å²) in [7, 11) is 1.41. The van der Waals surface area contributed by atoms with Crippen LogP contribution >= 0.6 is 0 Å². The van der Waals surface area contributed by atoms with Crippen molar-refractivity contribution >= 4 is 11.9 Å².